The summed E-state index contributed by atoms with van der Waals surface area (Å²) in [6.07, 6.45) is 1.28. The molecule has 3 aromatic rings. The molecule has 1 atom stereocenters. The standard InChI is InChI=1S/C26H27N3O7S/c1-2-35-20-12-10-19(11-13-20)25(31)28-14-16-29(17-15-28)26(32)24(27-23(30)22-9-6-18-36-22)37(33,34)21-7-4-3-5-8-21/h3-13,18,24H,2,14-17H2,1H3,(H,27,30)/t24-/m0/s1. The van der Waals surface area contributed by atoms with Gasteiger partial charge in [-0.05, 0) is 55.5 Å². The zero-order valence-electron chi connectivity index (χ0n) is 20.2. The van der Waals surface area contributed by atoms with Gasteiger partial charge in [-0.3, -0.25) is 14.4 Å². The quantitative estimate of drug-likeness (QED) is 0.478. The van der Waals surface area contributed by atoms with Gasteiger partial charge in [0.25, 0.3) is 17.7 Å². The molecule has 1 aliphatic heterocycles. The highest BCUT2D eigenvalue weighted by molar-refractivity contribution is 7.92. The number of hydrogen-bond donors (Lipinski definition) is 1. The second kappa shape index (κ2) is 11.3. The molecule has 4 rings (SSSR count). The fourth-order valence-electron chi connectivity index (χ4n) is 3.95. The van der Waals surface area contributed by atoms with Gasteiger partial charge in [0.2, 0.25) is 15.2 Å². The molecule has 0 radical (unpaired) electrons. The van der Waals surface area contributed by atoms with E-state index in [9.17, 15) is 22.8 Å². The van der Waals surface area contributed by atoms with Crippen molar-refractivity contribution in [2.24, 2.45) is 0 Å². The Bertz CT molecular complexity index is 1330. The number of hydrogen-bond acceptors (Lipinski definition) is 7. The molecule has 0 spiro atoms. The van der Waals surface area contributed by atoms with Gasteiger partial charge < -0.3 is 24.3 Å². The average Bonchev–Trinajstić information content (AvgIpc) is 3.47. The highest BCUT2D eigenvalue weighted by Gasteiger charge is 2.40. The molecule has 2 heterocycles. The zero-order valence-corrected chi connectivity index (χ0v) is 21.0. The number of carbonyl (C=O) groups excluding carboxylic acids is 3. The van der Waals surface area contributed by atoms with Gasteiger partial charge in [0, 0.05) is 31.7 Å². The first-order valence-electron chi connectivity index (χ1n) is 11.8. The Morgan fingerprint density at radius 1 is 0.919 bits per heavy atom. The van der Waals surface area contributed by atoms with Gasteiger partial charge in [0.15, 0.2) is 5.76 Å². The first-order chi connectivity index (χ1) is 17.8. The maximum atomic E-state index is 13.5. The van der Waals surface area contributed by atoms with Crippen molar-refractivity contribution in [1.29, 1.82) is 0 Å². The lowest BCUT2D eigenvalue weighted by atomic mass is 10.1. The van der Waals surface area contributed by atoms with Crippen molar-refractivity contribution in [3.05, 3.63) is 84.3 Å². The number of nitrogens with one attached hydrogen (secondary N) is 1. The zero-order chi connectivity index (χ0) is 26.4. The minimum absolute atomic E-state index is 0.0996. The molecule has 1 aliphatic rings. The minimum Gasteiger partial charge on any atom is -0.494 e. The maximum absolute atomic E-state index is 13.5. The minimum atomic E-state index is -4.27. The molecule has 1 fully saturated rings. The molecule has 37 heavy (non-hydrogen) atoms. The van der Waals surface area contributed by atoms with Crippen molar-refractivity contribution >= 4 is 27.6 Å². The Morgan fingerprint density at radius 2 is 1.57 bits per heavy atom. The molecule has 1 saturated heterocycles. The number of rotatable bonds is 8. The van der Waals surface area contributed by atoms with Crippen LogP contribution in [0.4, 0.5) is 0 Å². The molecular formula is C26H27N3O7S. The molecule has 0 bridgehead atoms. The van der Waals surface area contributed by atoms with Gasteiger partial charge in [-0.1, -0.05) is 18.2 Å². The third kappa shape index (κ3) is 5.83. The molecule has 2 aromatic carbocycles. The van der Waals surface area contributed by atoms with Crippen LogP contribution < -0.4 is 10.1 Å². The number of piperazine rings is 1. The number of benzene rings is 2. The fraction of sp³-hybridized carbons (Fsp3) is 0.269. The molecule has 0 saturated carbocycles. The van der Waals surface area contributed by atoms with E-state index in [0.29, 0.717) is 17.9 Å². The van der Waals surface area contributed by atoms with E-state index in [0.717, 1.165) is 0 Å². The van der Waals surface area contributed by atoms with Crippen molar-refractivity contribution in [2.45, 2.75) is 17.2 Å². The van der Waals surface area contributed by atoms with Gasteiger partial charge in [-0.15, -0.1) is 0 Å². The topological polar surface area (TPSA) is 126 Å². The lowest BCUT2D eigenvalue weighted by molar-refractivity contribution is -0.132. The third-order valence-electron chi connectivity index (χ3n) is 5.90. The van der Waals surface area contributed by atoms with Gasteiger partial charge in [-0.25, -0.2) is 8.42 Å². The summed E-state index contributed by atoms with van der Waals surface area (Å²) in [5.41, 5.74) is 0.485. The Hall–Kier alpha value is -4.12. The monoisotopic (exact) mass is 525 g/mol. The molecule has 11 heteroatoms. The number of ether oxygens (including phenoxy) is 1. The van der Waals surface area contributed by atoms with Gasteiger partial charge in [0.05, 0.1) is 17.8 Å². The highest BCUT2D eigenvalue weighted by atomic mass is 32.2. The summed E-state index contributed by atoms with van der Waals surface area (Å²) in [7, 11) is -4.27. The maximum Gasteiger partial charge on any atom is 0.288 e. The van der Waals surface area contributed by atoms with Gasteiger partial charge >= 0.3 is 0 Å². The molecule has 3 amide bonds. The fourth-order valence-corrected chi connectivity index (χ4v) is 5.44. The lowest BCUT2D eigenvalue weighted by Gasteiger charge is -2.36. The Balaban J connectivity index is 1.48. The molecular weight excluding hydrogens is 498 g/mol. The highest BCUT2D eigenvalue weighted by Crippen LogP contribution is 2.19. The molecule has 1 aromatic heterocycles. The van der Waals surface area contributed by atoms with Crippen molar-refractivity contribution in [2.75, 3.05) is 32.8 Å². The summed E-state index contributed by atoms with van der Waals surface area (Å²) in [6.45, 7) is 3.03. The van der Waals surface area contributed by atoms with E-state index in [1.54, 1.807) is 35.2 Å². The van der Waals surface area contributed by atoms with Gasteiger partial charge in [0.1, 0.15) is 5.75 Å². The molecule has 0 aliphatic carbocycles. The number of furan rings is 1. The van der Waals surface area contributed by atoms with Crippen LogP contribution in [0, 0.1) is 0 Å². The smallest absolute Gasteiger partial charge is 0.288 e. The van der Waals surface area contributed by atoms with E-state index in [-0.39, 0.29) is 42.7 Å². The van der Waals surface area contributed by atoms with Crippen LogP contribution in [0.1, 0.15) is 27.8 Å². The Labute approximate surface area is 214 Å². The average molecular weight is 526 g/mol. The van der Waals surface area contributed by atoms with E-state index < -0.39 is 27.0 Å². The molecule has 194 valence electrons. The predicted molar refractivity (Wildman–Crippen MR) is 134 cm³/mol. The summed E-state index contributed by atoms with van der Waals surface area (Å²) in [5, 5.41) is 0.466. The number of amides is 3. The number of carbonyl (C=O) groups is 3. The van der Waals surface area contributed by atoms with Crippen molar-refractivity contribution in [1.82, 2.24) is 15.1 Å². The van der Waals surface area contributed by atoms with Crippen LogP contribution in [0.15, 0.2) is 82.3 Å². The van der Waals surface area contributed by atoms with Gasteiger partial charge in [-0.2, -0.15) is 0 Å². The van der Waals surface area contributed by atoms with Crippen LogP contribution >= 0.6 is 0 Å². The van der Waals surface area contributed by atoms with E-state index in [1.165, 1.54) is 47.6 Å². The molecule has 0 unspecified atom stereocenters. The van der Waals surface area contributed by atoms with E-state index >= 15 is 0 Å². The van der Waals surface area contributed by atoms with Crippen LogP contribution in [0.25, 0.3) is 0 Å². The third-order valence-corrected chi connectivity index (χ3v) is 7.77. The second-order valence-corrected chi connectivity index (χ2v) is 10.3. The summed E-state index contributed by atoms with van der Waals surface area (Å²) < 4.78 is 37.2. The SMILES string of the molecule is CCOc1ccc(C(=O)N2CCN(C(=O)[C@@H](NC(=O)c3ccco3)S(=O)(=O)c3ccccc3)CC2)cc1. The predicted octanol–water partition coefficient (Wildman–Crippen LogP) is 2.19. The normalized spacial score (nSPS) is 14.6. The van der Waals surface area contributed by atoms with Crippen molar-refractivity contribution in [3.63, 3.8) is 0 Å². The Kier molecular flexibility index (Phi) is 7.92. The summed E-state index contributed by atoms with van der Waals surface area (Å²) in [6, 6.07) is 17.1. The van der Waals surface area contributed by atoms with Crippen LogP contribution in [0.3, 0.4) is 0 Å². The van der Waals surface area contributed by atoms with Crippen LogP contribution in [-0.2, 0) is 14.6 Å². The van der Waals surface area contributed by atoms with Crippen LogP contribution in [0.2, 0.25) is 0 Å². The number of sulfone groups is 1. The second-order valence-electron chi connectivity index (χ2n) is 8.26. The van der Waals surface area contributed by atoms with Crippen molar-refractivity contribution in [3.8, 4) is 5.75 Å². The summed E-state index contributed by atoms with van der Waals surface area (Å²) >= 11 is 0. The van der Waals surface area contributed by atoms with E-state index in [1.807, 2.05) is 6.92 Å². The van der Waals surface area contributed by atoms with Crippen LogP contribution in [0.5, 0.6) is 5.75 Å². The largest absolute Gasteiger partial charge is 0.494 e. The number of nitrogens with zero attached hydrogens (tertiary/aromatic N) is 2. The van der Waals surface area contributed by atoms with Crippen LogP contribution in [-0.4, -0.2) is 74.1 Å². The summed E-state index contributed by atoms with van der Waals surface area (Å²) in [5.74, 6) is -1.26. The molecule has 1 N–H and O–H groups in total. The Morgan fingerprint density at radius 3 is 2.16 bits per heavy atom. The first kappa shape index (κ1) is 26.0. The summed E-state index contributed by atoms with van der Waals surface area (Å²) in [4.78, 5) is 41.9. The van der Waals surface area contributed by atoms with E-state index in [2.05, 4.69) is 5.32 Å². The van der Waals surface area contributed by atoms with Crippen molar-refractivity contribution < 1.29 is 32.0 Å². The van der Waals surface area contributed by atoms with E-state index in [4.69, 9.17) is 9.15 Å². The molecule has 10 nitrogen and oxygen atoms in total. The first-order valence-corrected chi connectivity index (χ1v) is 13.3. The lowest BCUT2D eigenvalue weighted by Crippen LogP contribution is -2.57.